The van der Waals surface area contributed by atoms with Crippen LogP contribution < -0.4 is 16.0 Å². The zero-order chi connectivity index (χ0) is 16.4. The van der Waals surface area contributed by atoms with E-state index >= 15 is 0 Å². The normalized spacial score (nSPS) is 10.3. The first-order valence-corrected chi connectivity index (χ1v) is 7.54. The van der Waals surface area contributed by atoms with E-state index in [1.807, 2.05) is 14.1 Å². The molecule has 0 spiro atoms. The number of nitro groups is 1. The lowest BCUT2D eigenvalue weighted by atomic mass is 10.3. The summed E-state index contributed by atoms with van der Waals surface area (Å²) in [4.78, 5) is 12.3. The first kappa shape index (κ1) is 18.1. The Morgan fingerprint density at radius 1 is 1.18 bits per heavy atom. The number of anilines is 1. The van der Waals surface area contributed by atoms with Gasteiger partial charge in [-0.25, -0.2) is 0 Å². The van der Waals surface area contributed by atoms with Gasteiger partial charge in [0, 0.05) is 37.5 Å². The second-order valence-corrected chi connectivity index (χ2v) is 5.48. The zero-order valence-corrected chi connectivity index (χ0v) is 13.8. The van der Waals surface area contributed by atoms with Gasteiger partial charge >= 0.3 is 0 Å². The first-order valence-electron chi connectivity index (χ1n) is 7.14. The van der Waals surface area contributed by atoms with Crippen LogP contribution in [0.25, 0.3) is 0 Å². The molecule has 0 fully saturated rings. The van der Waals surface area contributed by atoms with Crippen LogP contribution in [0, 0.1) is 10.1 Å². The van der Waals surface area contributed by atoms with E-state index < -0.39 is 4.92 Å². The van der Waals surface area contributed by atoms with E-state index in [1.165, 1.54) is 12.1 Å². The predicted molar refractivity (Wildman–Crippen MR) is 93.4 cm³/mol. The first-order chi connectivity index (χ1) is 10.5. The third kappa shape index (κ3) is 7.75. The van der Waals surface area contributed by atoms with Crippen molar-refractivity contribution in [2.24, 2.45) is 0 Å². The van der Waals surface area contributed by atoms with Gasteiger partial charge in [-0.3, -0.25) is 10.1 Å². The Morgan fingerprint density at radius 3 is 2.41 bits per heavy atom. The average molecular weight is 325 g/mol. The molecular weight excluding hydrogens is 302 g/mol. The number of hydrogen-bond donors (Lipinski definition) is 3. The van der Waals surface area contributed by atoms with Crippen molar-refractivity contribution >= 4 is 28.7 Å². The Balaban J connectivity index is 2.11. The molecule has 22 heavy (non-hydrogen) atoms. The summed E-state index contributed by atoms with van der Waals surface area (Å²) in [6.07, 6.45) is 1.04. The molecule has 0 aromatic heterocycles. The number of thiocarbonyl (C=S) groups is 1. The number of nitro benzene ring substituents is 1. The standard InChI is InChI=1S/C14H23N5O2S/c1-18(2)11-3-8-16-14(22)17-10-9-15-12-4-6-13(7-5-12)19(20)21/h4-7,15H,3,8-11H2,1-2H3,(H2,16,17,22). The summed E-state index contributed by atoms with van der Waals surface area (Å²) >= 11 is 5.17. The van der Waals surface area contributed by atoms with Gasteiger partial charge in [0.25, 0.3) is 5.69 Å². The van der Waals surface area contributed by atoms with Crippen molar-refractivity contribution in [3.8, 4) is 0 Å². The van der Waals surface area contributed by atoms with Gasteiger partial charge in [0.1, 0.15) is 0 Å². The predicted octanol–water partition coefficient (Wildman–Crippen LogP) is 1.42. The Hall–Kier alpha value is -1.93. The van der Waals surface area contributed by atoms with E-state index in [2.05, 4.69) is 20.9 Å². The smallest absolute Gasteiger partial charge is 0.269 e. The number of nitrogens with one attached hydrogen (secondary N) is 3. The molecule has 1 aromatic carbocycles. The molecule has 1 rings (SSSR count). The van der Waals surface area contributed by atoms with Gasteiger partial charge in [-0.05, 0) is 51.4 Å². The molecule has 0 saturated heterocycles. The number of nitrogens with zero attached hydrogens (tertiary/aromatic N) is 2. The van der Waals surface area contributed by atoms with Gasteiger partial charge in [0.2, 0.25) is 0 Å². The molecule has 0 aliphatic rings. The number of non-ortho nitro benzene ring substituents is 1. The van der Waals surface area contributed by atoms with E-state index in [1.54, 1.807) is 12.1 Å². The van der Waals surface area contributed by atoms with Crippen molar-refractivity contribution in [2.75, 3.05) is 45.6 Å². The van der Waals surface area contributed by atoms with Crippen LogP contribution in [-0.2, 0) is 0 Å². The summed E-state index contributed by atoms with van der Waals surface area (Å²) in [5.41, 5.74) is 0.934. The van der Waals surface area contributed by atoms with Crippen molar-refractivity contribution in [1.29, 1.82) is 0 Å². The van der Waals surface area contributed by atoms with Crippen LogP contribution in [0.2, 0.25) is 0 Å². The summed E-state index contributed by atoms with van der Waals surface area (Å²) in [5, 5.41) is 20.6. The second kappa shape index (κ2) is 9.91. The minimum absolute atomic E-state index is 0.0896. The fraction of sp³-hybridized carbons (Fsp3) is 0.500. The summed E-state index contributed by atoms with van der Waals surface area (Å²) in [6, 6.07) is 6.34. The molecule has 0 unspecified atom stereocenters. The van der Waals surface area contributed by atoms with Gasteiger partial charge in [-0.15, -0.1) is 0 Å². The third-order valence-electron chi connectivity index (χ3n) is 2.89. The van der Waals surface area contributed by atoms with Crippen molar-refractivity contribution in [1.82, 2.24) is 15.5 Å². The van der Waals surface area contributed by atoms with Crippen molar-refractivity contribution in [3.05, 3.63) is 34.4 Å². The highest BCUT2D eigenvalue weighted by atomic mass is 32.1. The third-order valence-corrected chi connectivity index (χ3v) is 3.17. The summed E-state index contributed by atoms with van der Waals surface area (Å²) < 4.78 is 0. The van der Waals surface area contributed by atoms with Crippen LogP contribution in [0.1, 0.15) is 6.42 Å². The van der Waals surface area contributed by atoms with E-state index in [9.17, 15) is 10.1 Å². The minimum Gasteiger partial charge on any atom is -0.383 e. The van der Waals surface area contributed by atoms with Gasteiger partial charge in [-0.2, -0.15) is 0 Å². The molecule has 7 nitrogen and oxygen atoms in total. The molecule has 0 bridgehead atoms. The van der Waals surface area contributed by atoms with Crippen LogP contribution in [-0.4, -0.2) is 55.2 Å². The van der Waals surface area contributed by atoms with E-state index in [-0.39, 0.29) is 5.69 Å². The van der Waals surface area contributed by atoms with Gasteiger partial charge < -0.3 is 20.9 Å². The number of rotatable bonds is 9. The van der Waals surface area contributed by atoms with Crippen molar-refractivity contribution in [2.45, 2.75) is 6.42 Å². The molecule has 122 valence electrons. The second-order valence-electron chi connectivity index (χ2n) is 5.07. The lowest BCUT2D eigenvalue weighted by molar-refractivity contribution is -0.384. The Kier molecular flexibility index (Phi) is 8.16. The molecule has 0 atom stereocenters. The highest BCUT2D eigenvalue weighted by molar-refractivity contribution is 7.80. The maximum absolute atomic E-state index is 10.5. The number of benzene rings is 1. The summed E-state index contributed by atoms with van der Waals surface area (Å²) in [5.74, 6) is 0. The maximum Gasteiger partial charge on any atom is 0.269 e. The van der Waals surface area contributed by atoms with Crippen LogP contribution >= 0.6 is 12.2 Å². The van der Waals surface area contributed by atoms with E-state index in [0.29, 0.717) is 18.2 Å². The van der Waals surface area contributed by atoms with E-state index in [4.69, 9.17) is 12.2 Å². The van der Waals surface area contributed by atoms with Gasteiger partial charge in [-0.1, -0.05) is 0 Å². The Labute approximate surface area is 136 Å². The Morgan fingerprint density at radius 2 is 1.82 bits per heavy atom. The van der Waals surface area contributed by atoms with Gasteiger partial charge in [0.15, 0.2) is 5.11 Å². The monoisotopic (exact) mass is 325 g/mol. The molecule has 0 radical (unpaired) electrons. The van der Waals surface area contributed by atoms with Crippen LogP contribution in [0.5, 0.6) is 0 Å². The average Bonchev–Trinajstić information content (AvgIpc) is 2.48. The van der Waals surface area contributed by atoms with Crippen molar-refractivity contribution < 1.29 is 4.92 Å². The minimum atomic E-state index is -0.411. The lowest BCUT2D eigenvalue weighted by Crippen LogP contribution is -2.38. The van der Waals surface area contributed by atoms with E-state index in [0.717, 1.165) is 25.2 Å². The maximum atomic E-state index is 10.5. The highest BCUT2D eigenvalue weighted by Crippen LogP contribution is 2.14. The van der Waals surface area contributed by atoms with Crippen LogP contribution in [0.4, 0.5) is 11.4 Å². The molecule has 0 amide bonds. The molecular formula is C14H23N5O2S. The molecule has 0 aliphatic heterocycles. The molecule has 0 aliphatic carbocycles. The molecule has 1 aromatic rings. The van der Waals surface area contributed by atoms with Crippen LogP contribution in [0.3, 0.4) is 0 Å². The van der Waals surface area contributed by atoms with Crippen molar-refractivity contribution in [3.63, 3.8) is 0 Å². The molecule has 0 saturated carbocycles. The lowest BCUT2D eigenvalue weighted by Gasteiger charge is -2.13. The SMILES string of the molecule is CN(C)CCCNC(=S)NCCNc1ccc([N+](=O)[O-])cc1. The fourth-order valence-electron chi connectivity index (χ4n) is 1.74. The topological polar surface area (TPSA) is 82.5 Å². The largest absolute Gasteiger partial charge is 0.383 e. The molecule has 0 heterocycles. The zero-order valence-electron chi connectivity index (χ0n) is 13.0. The highest BCUT2D eigenvalue weighted by Gasteiger charge is 2.03. The summed E-state index contributed by atoms with van der Waals surface area (Å²) in [7, 11) is 4.08. The quantitative estimate of drug-likeness (QED) is 0.274. The molecule has 8 heteroatoms. The van der Waals surface area contributed by atoms with Crippen LogP contribution in [0.15, 0.2) is 24.3 Å². The molecule has 3 N–H and O–H groups in total. The Bertz CT molecular complexity index is 479. The number of hydrogen-bond acceptors (Lipinski definition) is 5. The fourth-order valence-corrected chi connectivity index (χ4v) is 1.95. The summed E-state index contributed by atoms with van der Waals surface area (Å²) in [6.45, 7) is 3.23. The van der Waals surface area contributed by atoms with Gasteiger partial charge in [0.05, 0.1) is 4.92 Å².